The second-order valence-corrected chi connectivity index (χ2v) is 6.89. The van der Waals surface area contributed by atoms with Crippen LogP contribution in [0.5, 0.6) is 0 Å². The van der Waals surface area contributed by atoms with Gasteiger partial charge in [0.05, 0.1) is 0 Å². The summed E-state index contributed by atoms with van der Waals surface area (Å²) in [6, 6.07) is 9.44. The van der Waals surface area contributed by atoms with E-state index in [-0.39, 0.29) is 24.4 Å². The van der Waals surface area contributed by atoms with Crippen LogP contribution in [0.25, 0.3) is 0 Å². The molecule has 1 aromatic carbocycles. The fraction of sp³-hybridized carbons (Fsp3) is 0.500. The van der Waals surface area contributed by atoms with Crippen molar-refractivity contribution in [3.8, 4) is 0 Å². The van der Waals surface area contributed by atoms with E-state index in [1.165, 1.54) is 0 Å². The van der Waals surface area contributed by atoms with E-state index in [4.69, 9.17) is 0 Å². The molecular weight excluding hydrogens is 320 g/mol. The Morgan fingerprint density at radius 3 is 2.60 bits per heavy atom. The van der Waals surface area contributed by atoms with E-state index in [1.807, 2.05) is 42.6 Å². The van der Waals surface area contributed by atoms with Gasteiger partial charge in [0.2, 0.25) is 0 Å². The van der Waals surface area contributed by atoms with Crippen molar-refractivity contribution in [3.63, 3.8) is 0 Å². The molecule has 0 bridgehead atoms. The second-order valence-electron chi connectivity index (χ2n) is 6.89. The zero-order valence-electron chi connectivity index (χ0n) is 14.5. The SMILES string of the molecule is C[C@@H]([NH2+]CC(=O)NN1C(=O)NC2(CCCCC2)C1=O)c1ccccc1. The molecule has 4 amide bonds. The fourth-order valence-corrected chi connectivity index (χ4v) is 3.56. The third-order valence-electron chi connectivity index (χ3n) is 5.09. The number of amides is 4. The predicted octanol–water partition coefficient (Wildman–Crippen LogP) is 0.597. The van der Waals surface area contributed by atoms with Crippen molar-refractivity contribution in [3.05, 3.63) is 35.9 Å². The smallest absolute Gasteiger partial charge is 0.332 e. The molecule has 0 radical (unpaired) electrons. The number of hydrogen-bond donors (Lipinski definition) is 3. The summed E-state index contributed by atoms with van der Waals surface area (Å²) in [4.78, 5) is 36.9. The summed E-state index contributed by atoms with van der Waals surface area (Å²) in [5.41, 5.74) is 2.76. The highest BCUT2D eigenvalue weighted by Gasteiger charge is 2.52. The number of nitrogens with zero attached hydrogens (tertiary/aromatic N) is 1. The molecule has 1 aliphatic carbocycles. The molecule has 1 spiro atoms. The lowest BCUT2D eigenvalue weighted by molar-refractivity contribution is -0.682. The Balaban J connectivity index is 1.54. The van der Waals surface area contributed by atoms with Crippen LogP contribution >= 0.6 is 0 Å². The van der Waals surface area contributed by atoms with E-state index in [9.17, 15) is 14.4 Å². The van der Waals surface area contributed by atoms with Gasteiger partial charge in [-0.2, -0.15) is 5.01 Å². The van der Waals surface area contributed by atoms with Gasteiger partial charge in [-0.05, 0) is 19.8 Å². The number of urea groups is 1. The van der Waals surface area contributed by atoms with Gasteiger partial charge in [-0.3, -0.25) is 15.0 Å². The van der Waals surface area contributed by atoms with Gasteiger partial charge in [0.1, 0.15) is 11.6 Å². The van der Waals surface area contributed by atoms with Crippen molar-refractivity contribution < 1.29 is 19.7 Å². The van der Waals surface area contributed by atoms with Crippen LogP contribution in [0.1, 0.15) is 50.6 Å². The molecule has 1 atom stereocenters. The lowest BCUT2D eigenvalue weighted by Crippen LogP contribution is -2.87. The number of nitrogens with one attached hydrogen (secondary N) is 2. The van der Waals surface area contributed by atoms with Gasteiger partial charge >= 0.3 is 6.03 Å². The molecule has 134 valence electrons. The molecule has 1 saturated heterocycles. The van der Waals surface area contributed by atoms with E-state index in [1.54, 1.807) is 0 Å². The topological polar surface area (TPSA) is 95.1 Å². The van der Waals surface area contributed by atoms with E-state index in [0.29, 0.717) is 12.8 Å². The minimum atomic E-state index is -0.816. The molecule has 1 aliphatic heterocycles. The van der Waals surface area contributed by atoms with Crippen molar-refractivity contribution >= 4 is 17.8 Å². The highest BCUT2D eigenvalue weighted by Crippen LogP contribution is 2.32. The Morgan fingerprint density at radius 1 is 1.24 bits per heavy atom. The maximum atomic E-state index is 12.6. The van der Waals surface area contributed by atoms with E-state index < -0.39 is 11.6 Å². The lowest BCUT2D eigenvalue weighted by Gasteiger charge is -2.30. The zero-order chi connectivity index (χ0) is 17.9. The minimum Gasteiger partial charge on any atom is -0.332 e. The van der Waals surface area contributed by atoms with Gasteiger partial charge in [0.25, 0.3) is 11.8 Å². The largest absolute Gasteiger partial charge is 0.344 e. The highest BCUT2D eigenvalue weighted by atomic mass is 16.2. The Kier molecular flexibility index (Phi) is 5.03. The molecule has 2 fully saturated rings. The van der Waals surface area contributed by atoms with Crippen molar-refractivity contribution in [1.82, 2.24) is 15.8 Å². The maximum absolute atomic E-state index is 12.6. The number of nitrogens with two attached hydrogens (primary N) is 1. The standard InChI is InChI=1S/C18H24N4O3/c1-13(14-8-4-2-5-9-14)19-12-15(23)21-22-16(24)18(20-17(22)25)10-6-3-7-11-18/h2,4-5,8-9,13,19H,3,6-7,10-12H2,1H3,(H,20,25)(H,21,23)/p+1/t13-/m1/s1. The molecule has 1 saturated carbocycles. The lowest BCUT2D eigenvalue weighted by atomic mass is 9.82. The van der Waals surface area contributed by atoms with Crippen LogP contribution in [0.15, 0.2) is 30.3 Å². The number of rotatable bonds is 5. The van der Waals surface area contributed by atoms with Gasteiger partial charge in [-0.25, -0.2) is 4.79 Å². The average molecular weight is 345 g/mol. The first-order valence-electron chi connectivity index (χ1n) is 8.86. The first-order valence-corrected chi connectivity index (χ1v) is 8.86. The number of hydrogen-bond acceptors (Lipinski definition) is 3. The van der Waals surface area contributed by atoms with Crippen LogP contribution in [0.4, 0.5) is 4.79 Å². The highest BCUT2D eigenvalue weighted by molar-refractivity contribution is 6.08. The Morgan fingerprint density at radius 2 is 1.92 bits per heavy atom. The van der Waals surface area contributed by atoms with Crippen LogP contribution < -0.4 is 16.1 Å². The average Bonchev–Trinajstić information content (AvgIpc) is 2.85. The molecule has 7 heteroatoms. The summed E-state index contributed by atoms with van der Waals surface area (Å²) in [5, 5.41) is 5.51. The first-order chi connectivity index (χ1) is 12.0. The molecular formula is C18H25N4O3+. The molecule has 1 aromatic rings. The first kappa shape index (κ1) is 17.4. The summed E-state index contributed by atoms with van der Waals surface area (Å²) >= 11 is 0. The van der Waals surface area contributed by atoms with Crippen molar-refractivity contribution in [2.45, 2.75) is 50.6 Å². The van der Waals surface area contributed by atoms with Crippen LogP contribution in [0, 0.1) is 0 Å². The maximum Gasteiger partial charge on any atom is 0.344 e. The number of benzene rings is 1. The number of imide groups is 1. The molecule has 25 heavy (non-hydrogen) atoms. The number of hydrazine groups is 1. The number of carbonyl (C=O) groups is 3. The zero-order valence-corrected chi connectivity index (χ0v) is 14.5. The minimum absolute atomic E-state index is 0.111. The van der Waals surface area contributed by atoms with Crippen molar-refractivity contribution in [2.24, 2.45) is 0 Å². The number of carbonyl (C=O) groups excluding carboxylic acids is 3. The number of quaternary nitrogens is 1. The fourth-order valence-electron chi connectivity index (χ4n) is 3.56. The molecule has 1 heterocycles. The van der Waals surface area contributed by atoms with Gasteiger partial charge in [-0.15, -0.1) is 0 Å². The molecule has 2 aliphatic rings. The van der Waals surface area contributed by atoms with Crippen LogP contribution in [0.2, 0.25) is 0 Å². The summed E-state index contributed by atoms with van der Waals surface area (Å²) < 4.78 is 0. The van der Waals surface area contributed by atoms with E-state index >= 15 is 0 Å². The monoisotopic (exact) mass is 345 g/mol. The molecule has 7 nitrogen and oxygen atoms in total. The molecule has 0 unspecified atom stereocenters. The molecule has 4 N–H and O–H groups in total. The van der Waals surface area contributed by atoms with E-state index in [0.717, 1.165) is 29.8 Å². The quantitative estimate of drug-likeness (QED) is 0.682. The third kappa shape index (κ3) is 3.66. The Bertz CT molecular complexity index is 656. The molecule has 3 rings (SSSR count). The van der Waals surface area contributed by atoms with Gasteiger partial charge in [-0.1, -0.05) is 49.6 Å². The molecule has 0 aromatic heterocycles. The third-order valence-corrected chi connectivity index (χ3v) is 5.09. The summed E-state index contributed by atoms with van der Waals surface area (Å²) in [7, 11) is 0. The van der Waals surface area contributed by atoms with Gasteiger partial charge in [0, 0.05) is 5.56 Å². The normalized spacial score (nSPS) is 20.4. The summed E-state index contributed by atoms with van der Waals surface area (Å²) in [6.07, 6.45) is 4.18. The van der Waals surface area contributed by atoms with Crippen LogP contribution in [-0.4, -0.2) is 34.9 Å². The summed E-state index contributed by atoms with van der Waals surface area (Å²) in [5.74, 6) is -0.694. The Labute approximate surface area is 147 Å². The second kappa shape index (κ2) is 7.23. The van der Waals surface area contributed by atoms with Gasteiger partial charge < -0.3 is 10.6 Å². The van der Waals surface area contributed by atoms with Gasteiger partial charge in [0.15, 0.2) is 6.54 Å². The predicted molar refractivity (Wildman–Crippen MR) is 91.0 cm³/mol. The van der Waals surface area contributed by atoms with Crippen molar-refractivity contribution in [1.29, 1.82) is 0 Å². The summed E-state index contributed by atoms with van der Waals surface area (Å²) in [6.45, 7) is 2.15. The van der Waals surface area contributed by atoms with E-state index in [2.05, 4.69) is 10.7 Å². The van der Waals surface area contributed by atoms with Crippen LogP contribution in [0.3, 0.4) is 0 Å². The van der Waals surface area contributed by atoms with Crippen LogP contribution in [-0.2, 0) is 9.59 Å². The Hall–Kier alpha value is -2.41. The van der Waals surface area contributed by atoms with Crippen molar-refractivity contribution in [2.75, 3.05) is 6.54 Å².